The number of carbonyl (C=O) groups is 2. The van der Waals surface area contributed by atoms with Gasteiger partial charge >= 0.3 is 5.97 Å². The van der Waals surface area contributed by atoms with Crippen molar-refractivity contribution >= 4 is 57.2 Å². The van der Waals surface area contributed by atoms with Crippen LogP contribution in [-0.4, -0.2) is 22.0 Å². The van der Waals surface area contributed by atoms with Crippen molar-refractivity contribution in [2.24, 2.45) is 0 Å². The number of carboxylic acids is 1. The Balaban J connectivity index is 1.75. The molecule has 1 heterocycles. The Kier molecular flexibility index (Phi) is 6.74. The number of halogens is 2. The molecule has 150 valence electrons. The van der Waals surface area contributed by atoms with Crippen LogP contribution in [0.4, 0.5) is 10.8 Å². The lowest BCUT2D eigenvalue weighted by atomic mass is 9.98. The van der Waals surface area contributed by atoms with E-state index >= 15 is 0 Å². The SMILES string of the molecule is Cc1ccccc1C(CC(=O)O)NC(=O)c1csc(Nc2ccc(Cl)cc2Cl)n1. The molecule has 9 heteroatoms. The maximum absolute atomic E-state index is 12.7. The molecule has 6 nitrogen and oxygen atoms in total. The number of carboxylic acid groups (broad SMARTS) is 1. The minimum absolute atomic E-state index is 0.187. The second-order valence-electron chi connectivity index (χ2n) is 6.27. The van der Waals surface area contributed by atoms with Gasteiger partial charge in [-0.15, -0.1) is 11.3 Å². The Morgan fingerprint density at radius 3 is 2.66 bits per heavy atom. The third-order valence-corrected chi connectivity index (χ3v) is 5.46. The number of carbonyl (C=O) groups excluding carboxylic acids is 1. The molecule has 1 aromatic heterocycles. The van der Waals surface area contributed by atoms with E-state index in [1.165, 1.54) is 11.3 Å². The topological polar surface area (TPSA) is 91.3 Å². The molecule has 0 aliphatic rings. The number of aromatic nitrogens is 1. The number of nitrogens with zero attached hydrogens (tertiary/aromatic N) is 1. The third-order valence-electron chi connectivity index (χ3n) is 4.16. The minimum atomic E-state index is -1.00. The fraction of sp³-hybridized carbons (Fsp3) is 0.150. The number of rotatable bonds is 7. The molecule has 0 bridgehead atoms. The van der Waals surface area contributed by atoms with Gasteiger partial charge in [0.05, 0.1) is 23.2 Å². The number of hydrogen-bond donors (Lipinski definition) is 3. The van der Waals surface area contributed by atoms with Crippen molar-refractivity contribution in [2.75, 3.05) is 5.32 Å². The summed E-state index contributed by atoms with van der Waals surface area (Å²) in [6.07, 6.45) is -0.230. The molecule has 0 aliphatic carbocycles. The van der Waals surface area contributed by atoms with Crippen LogP contribution in [0.1, 0.15) is 34.1 Å². The van der Waals surface area contributed by atoms with Gasteiger partial charge in [-0.05, 0) is 36.2 Å². The first-order chi connectivity index (χ1) is 13.8. The van der Waals surface area contributed by atoms with Crippen molar-refractivity contribution in [1.82, 2.24) is 10.3 Å². The normalized spacial score (nSPS) is 11.7. The quantitative estimate of drug-likeness (QED) is 0.446. The number of aliphatic carboxylic acids is 1. The number of thiazole rings is 1. The monoisotopic (exact) mass is 449 g/mol. The summed E-state index contributed by atoms with van der Waals surface area (Å²) in [5, 5.41) is 18.1. The fourth-order valence-electron chi connectivity index (χ4n) is 2.76. The minimum Gasteiger partial charge on any atom is -0.481 e. The van der Waals surface area contributed by atoms with Crippen molar-refractivity contribution in [3.05, 3.63) is 74.7 Å². The van der Waals surface area contributed by atoms with E-state index in [2.05, 4.69) is 15.6 Å². The number of nitrogens with one attached hydrogen (secondary N) is 2. The lowest BCUT2D eigenvalue weighted by Crippen LogP contribution is -2.30. The summed E-state index contributed by atoms with van der Waals surface area (Å²) in [7, 11) is 0. The molecule has 3 rings (SSSR count). The molecule has 0 aliphatic heterocycles. The van der Waals surface area contributed by atoms with Crippen LogP contribution in [0.25, 0.3) is 0 Å². The molecule has 29 heavy (non-hydrogen) atoms. The van der Waals surface area contributed by atoms with E-state index in [4.69, 9.17) is 23.2 Å². The predicted octanol–water partition coefficient (Wildman–Crippen LogP) is 5.45. The summed E-state index contributed by atoms with van der Waals surface area (Å²) in [6, 6.07) is 11.7. The Hall–Kier alpha value is -2.61. The van der Waals surface area contributed by atoms with Crippen LogP contribution in [-0.2, 0) is 4.79 Å². The Morgan fingerprint density at radius 2 is 1.97 bits per heavy atom. The molecule has 0 fully saturated rings. The second-order valence-corrected chi connectivity index (χ2v) is 7.97. The van der Waals surface area contributed by atoms with E-state index in [1.54, 1.807) is 29.6 Å². The smallest absolute Gasteiger partial charge is 0.305 e. The molecule has 0 saturated heterocycles. The van der Waals surface area contributed by atoms with Gasteiger partial charge in [0.25, 0.3) is 5.91 Å². The van der Waals surface area contributed by atoms with Crippen molar-refractivity contribution in [2.45, 2.75) is 19.4 Å². The molecule has 0 saturated carbocycles. The van der Waals surface area contributed by atoms with Crippen LogP contribution in [0.5, 0.6) is 0 Å². The largest absolute Gasteiger partial charge is 0.481 e. The van der Waals surface area contributed by atoms with Gasteiger partial charge in [0, 0.05) is 10.4 Å². The van der Waals surface area contributed by atoms with Crippen LogP contribution in [0.15, 0.2) is 47.8 Å². The highest BCUT2D eigenvalue weighted by atomic mass is 35.5. The number of anilines is 2. The van der Waals surface area contributed by atoms with Crippen molar-refractivity contribution in [3.8, 4) is 0 Å². The Morgan fingerprint density at radius 1 is 1.21 bits per heavy atom. The Bertz CT molecular complexity index is 1050. The van der Waals surface area contributed by atoms with Crippen LogP contribution in [0, 0.1) is 6.92 Å². The molecule has 1 amide bonds. The van der Waals surface area contributed by atoms with Gasteiger partial charge in [-0.2, -0.15) is 0 Å². The number of aryl methyl sites for hydroxylation is 1. The lowest BCUT2D eigenvalue weighted by Gasteiger charge is -2.18. The third kappa shape index (κ3) is 5.47. The fourth-order valence-corrected chi connectivity index (χ4v) is 3.92. The molecular weight excluding hydrogens is 433 g/mol. The highest BCUT2D eigenvalue weighted by molar-refractivity contribution is 7.14. The molecule has 3 N–H and O–H groups in total. The summed E-state index contributed by atoms with van der Waals surface area (Å²) in [5.74, 6) is -1.46. The van der Waals surface area contributed by atoms with Gasteiger partial charge in [-0.1, -0.05) is 47.5 Å². The molecule has 0 spiro atoms. The van der Waals surface area contributed by atoms with Crippen LogP contribution in [0.3, 0.4) is 0 Å². The van der Waals surface area contributed by atoms with Gasteiger partial charge in [-0.25, -0.2) is 4.98 Å². The summed E-state index contributed by atoms with van der Waals surface area (Å²) < 4.78 is 0. The van der Waals surface area contributed by atoms with Gasteiger partial charge in [0.15, 0.2) is 5.13 Å². The van der Waals surface area contributed by atoms with E-state index in [9.17, 15) is 14.7 Å². The maximum atomic E-state index is 12.7. The second kappa shape index (κ2) is 9.26. The summed E-state index contributed by atoms with van der Waals surface area (Å²) in [6.45, 7) is 1.87. The average Bonchev–Trinajstić information content (AvgIpc) is 3.12. The van der Waals surface area contributed by atoms with Crippen LogP contribution in [0.2, 0.25) is 10.0 Å². The van der Waals surface area contributed by atoms with Crippen molar-refractivity contribution in [3.63, 3.8) is 0 Å². The first-order valence-electron chi connectivity index (χ1n) is 8.59. The molecule has 1 unspecified atom stereocenters. The molecule has 1 atom stereocenters. The first kappa shape index (κ1) is 21.1. The number of benzene rings is 2. The number of hydrogen-bond acceptors (Lipinski definition) is 5. The average molecular weight is 450 g/mol. The maximum Gasteiger partial charge on any atom is 0.305 e. The summed E-state index contributed by atoms with van der Waals surface area (Å²) in [4.78, 5) is 28.2. The van der Waals surface area contributed by atoms with E-state index in [0.717, 1.165) is 11.1 Å². The van der Waals surface area contributed by atoms with Gasteiger partial charge in [0.2, 0.25) is 0 Å². The van der Waals surface area contributed by atoms with Crippen molar-refractivity contribution < 1.29 is 14.7 Å². The van der Waals surface area contributed by atoms with E-state index in [1.807, 2.05) is 25.1 Å². The molecule has 2 aromatic carbocycles. The molecule has 0 radical (unpaired) electrons. The first-order valence-corrected chi connectivity index (χ1v) is 10.2. The highest BCUT2D eigenvalue weighted by Crippen LogP contribution is 2.30. The lowest BCUT2D eigenvalue weighted by molar-refractivity contribution is -0.137. The van der Waals surface area contributed by atoms with Crippen LogP contribution >= 0.6 is 34.5 Å². The zero-order valence-electron chi connectivity index (χ0n) is 15.3. The highest BCUT2D eigenvalue weighted by Gasteiger charge is 2.21. The summed E-state index contributed by atoms with van der Waals surface area (Å²) >= 11 is 13.3. The van der Waals surface area contributed by atoms with Crippen molar-refractivity contribution in [1.29, 1.82) is 0 Å². The molecule has 3 aromatic rings. The van der Waals surface area contributed by atoms with Gasteiger partial charge in [-0.3, -0.25) is 9.59 Å². The van der Waals surface area contributed by atoms with E-state index in [-0.39, 0.29) is 12.1 Å². The zero-order valence-corrected chi connectivity index (χ0v) is 17.6. The standard InChI is InChI=1S/C20H17Cl2N3O3S/c1-11-4-2-3-5-13(11)16(9-18(26)27)23-19(28)17-10-29-20(25-17)24-15-7-6-12(21)8-14(15)22/h2-8,10,16H,9H2,1H3,(H,23,28)(H,24,25)(H,26,27). The van der Waals surface area contributed by atoms with Gasteiger partial charge < -0.3 is 15.7 Å². The molecular formula is C20H17Cl2N3O3S. The predicted molar refractivity (Wildman–Crippen MR) is 115 cm³/mol. The van der Waals surface area contributed by atoms with Gasteiger partial charge in [0.1, 0.15) is 5.69 Å². The summed E-state index contributed by atoms with van der Waals surface area (Å²) in [5.41, 5.74) is 2.45. The zero-order chi connectivity index (χ0) is 21.0. The van der Waals surface area contributed by atoms with Crippen LogP contribution < -0.4 is 10.6 Å². The number of amides is 1. The van der Waals surface area contributed by atoms with E-state index < -0.39 is 17.9 Å². The Labute approximate surface area is 181 Å². The van der Waals surface area contributed by atoms with E-state index in [0.29, 0.717) is 20.9 Å².